The van der Waals surface area contributed by atoms with Crippen LogP contribution < -0.4 is 10.2 Å². The fourth-order valence-electron chi connectivity index (χ4n) is 4.02. The molecular weight excluding hydrogens is 422 g/mol. The molecule has 1 aliphatic heterocycles. The molecule has 2 heterocycles. The number of aromatic hydroxyl groups is 1. The maximum atomic E-state index is 13.4. The molecule has 32 heavy (non-hydrogen) atoms. The van der Waals surface area contributed by atoms with Gasteiger partial charge in [-0.05, 0) is 93.5 Å². The van der Waals surface area contributed by atoms with Crippen LogP contribution in [0.3, 0.4) is 0 Å². The summed E-state index contributed by atoms with van der Waals surface area (Å²) >= 11 is 5.32. The molecule has 162 valence electrons. The van der Waals surface area contributed by atoms with Gasteiger partial charge >= 0.3 is 0 Å². The number of nitrogens with zero attached hydrogens (tertiary/aromatic N) is 2. The van der Waals surface area contributed by atoms with Gasteiger partial charge in [-0.1, -0.05) is 17.7 Å². The Labute approximate surface area is 191 Å². The maximum Gasteiger partial charge on any atom is 0.270 e. The van der Waals surface area contributed by atoms with Gasteiger partial charge in [0, 0.05) is 17.1 Å². The second kappa shape index (κ2) is 8.09. The lowest BCUT2D eigenvalue weighted by Gasteiger charge is -2.30. The number of aromatic nitrogens is 1. The fourth-order valence-corrected chi connectivity index (χ4v) is 4.29. The van der Waals surface area contributed by atoms with E-state index in [1.54, 1.807) is 18.2 Å². The van der Waals surface area contributed by atoms with E-state index in [4.69, 9.17) is 12.2 Å². The number of carbonyl (C=O) groups is 2. The minimum atomic E-state index is -0.518. The maximum absolute atomic E-state index is 13.4. The Balaban J connectivity index is 1.77. The number of carbonyl (C=O) groups excluding carboxylic acids is 2. The minimum absolute atomic E-state index is 0.0181. The number of nitrogens with one attached hydrogen (secondary N) is 1. The number of phenolic OH excluding ortho intramolecular Hbond substituents is 1. The summed E-state index contributed by atoms with van der Waals surface area (Å²) in [6.07, 6.45) is 1.61. The number of amides is 2. The predicted molar refractivity (Wildman–Crippen MR) is 129 cm³/mol. The molecule has 2 aromatic carbocycles. The highest BCUT2D eigenvalue weighted by Crippen LogP contribution is 2.28. The number of benzene rings is 2. The molecule has 1 fully saturated rings. The van der Waals surface area contributed by atoms with Gasteiger partial charge in [-0.15, -0.1) is 0 Å². The summed E-state index contributed by atoms with van der Waals surface area (Å²) < 4.78 is 2.00. The summed E-state index contributed by atoms with van der Waals surface area (Å²) in [6, 6.07) is 14.5. The van der Waals surface area contributed by atoms with E-state index in [0.717, 1.165) is 33.8 Å². The first-order chi connectivity index (χ1) is 15.2. The summed E-state index contributed by atoms with van der Waals surface area (Å²) in [5.41, 5.74) is 6.06. The largest absolute Gasteiger partial charge is 0.508 e. The van der Waals surface area contributed by atoms with E-state index in [0.29, 0.717) is 5.69 Å². The van der Waals surface area contributed by atoms with Crippen molar-refractivity contribution in [3.63, 3.8) is 0 Å². The Morgan fingerprint density at radius 1 is 0.969 bits per heavy atom. The SMILES string of the molecule is Cc1ccc(N2C(=O)/C(=C/c3cc(C)n(-c4ccc(O)cc4)c3C)C(=O)NC2=S)c(C)c1. The van der Waals surface area contributed by atoms with Crippen molar-refractivity contribution in [2.24, 2.45) is 0 Å². The number of rotatable bonds is 3. The smallest absolute Gasteiger partial charge is 0.270 e. The van der Waals surface area contributed by atoms with E-state index in [1.807, 2.05) is 68.7 Å². The minimum Gasteiger partial charge on any atom is -0.508 e. The van der Waals surface area contributed by atoms with Crippen molar-refractivity contribution >= 4 is 40.9 Å². The van der Waals surface area contributed by atoms with E-state index < -0.39 is 11.8 Å². The first-order valence-corrected chi connectivity index (χ1v) is 10.5. The predicted octanol–water partition coefficient (Wildman–Crippen LogP) is 4.25. The van der Waals surface area contributed by atoms with Crippen molar-refractivity contribution < 1.29 is 14.7 Å². The first kappa shape index (κ1) is 21.5. The van der Waals surface area contributed by atoms with Crippen molar-refractivity contribution in [2.75, 3.05) is 4.90 Å². The van der Waals surface area contributed by atoms with Crippen LogP contribution in [0.15, 0.2) is 54.1 Å². The van der Waals surface area contributed by atoms with Gasteiger partial charge in [-0.25, -0.2) is 0 Å². The standard InChI is InChI=1S/C25H23N3O3S/c1-14-5-10-22(15(2)11-14)28-24(31)21(23(30)26-25(28)32)13-18-12-16(3)27(17(18)4)19-6-8-20(29)9-7-19/h5-13,29H,1-4H3,(H,26,30,32)/b21-13+. The zero-order chi connectivity index (χ0) is 23.2. The normalized spacial score (nSPS) is 15.4. The zero-order valence-electron chi connectivity index (χ0n) is 18.3. The van der Waals surface area contributed by atoms with Crippen molar-refractivity contribution in [1.82, 2.24) is 9.88 Å². The van der Waals surface area contributed by atoms with E-state index in [-0.39, 0.29) is 16.4 Å². The first-order valence-electron chi connectivity index (χ1n) is 10.1. The number of anilines is 1. The van der Waals surface area contributed by atoms with Crippen molar-refractivity contribution in [1.29, 1.82) is 0 Å². The highest BCUT2D eigenvalue weighted by atomic mass is 32.1. The van der Waals surface area contributed by atoms with Gasteiger partial charge in [0.25, 0.3) is 11.8 Å². The van der Waals surface area contributed by atoms with E-state index in [1.165, 1.54) is 4.90 Å². The lowest BCUT2D eigenvalue weighted by molar-refractivity contribution is -0.122. The quantitative estimate of drug-likeness (QED) is 0.359. The molecule has 0 spiro atoms. The molecule has 3 aromatic rings. The third-order valence-corrected chi connectivity index (χ3v) is 5.86. The third kappa shape index (κ3) is 3.71. The van der Waals surface area contributed by atoms with Crippen LogP contribution in [0.25, 0.3) is 11.8 Å². The van der Waals surface area contributed by atoms with Gasteiger partial charge < -0.3 is 9.67 Å². The second-order valence-electron chi connectivity index (χ2n) is 7.93. The Morgan fingerprint density at radius 3 is 2.31 bits per heavy atom. The van der Waals surface area contributed by atoms with Crippen molar-refractivity contribution in [3.05, 3.63) is 82.2 Å². The summed E-state index contributed by atoms with van der Waals surface area (Å²) in [7, 11) is 0. The number of phenols is 1. The van der Waals surface area contributed by atoms with Crippen LogP contribution >= 0.6 is 12.2 Å². The molecule has 0 aliphatic carbocycles. The average Bonchev–Trinajstić information content (AvgIpc) is 3.00. The summed E-state index contributed by atoms with van der Waals surface area (Å²) in [5.74, 6) is -0.791. The van der Waals surface area contributed by atoms with E-state index >= 15 is 0 Å². The Bertz CT molecular complexity index is 1300. The fraction of sp³-hybridized carbons (Fsp3) is 0.160. The molecule has 0 atom stereocenters. The van der Waals surface area contributed by atoms with Crippen molar-refractivity contribution in [2.45, 2.75) is 27.7 Å². The monoisotopic (exact) mass is 445 g/mol. The highest BCUT2D eigenvalue weighted by molar-refractivity contribution is 7.80. The molecule has 2 N–H and O–H groups in total. The van der Waals surface area contributed by atoms with E-state index in [9.17, 15) is 14.7 Å². The van der Waals surface area contributed by atoms with Crippen LogP contribution in [0, 0.1) is 27.7 Å². The van der Waals surface area contributed by atoms with Crippen LogP contribution in [-0.4, -0.2) is 26.6 Å². The number of hydrogen-bond acceptors (Lipinski definition) is 4. The summed E-state index contributed by atoms with van der Waals surface area (Å²) in [6.45, 7) is 7.75. The highest BCUT2D eigenvalue weighted by Gasteiger charge is 2.35. The molecule has 6 nitrogen and oxygen atoms in total. The molecule has 1 aromatic heterocycles. The van der Waals surface area contributed by atoms with Crippen molar-refractivity contribution in [3.8, 4) is 11.4 Å². The van der Waals surface area contributed by atoms with Gasteiger partial charge in [-0.3, -0.25) is 19.8 Å². The molecule has 1 saturated heterocycles. The molecule has 2 amide bonds. The molecular formula is C25H23N3O3S. The summed E-state index contributed by atoms with van der Waals surface area (Å²) in [4.78, 5) is 27.4. The van der Waals surface area contributed by atoms with E-state index in [2.05, 4.69) is 5.32 Å². The number of thiocarbonyl (C=S) groups is 1. The molecule has 4 rings (SSSR count). The van der Waals surface area contributed by atoms with Gasteiger partial charge in [0.1, 0.15) is 11.3 Å². The molecule has 0 saturated carbocycles. The second-order valence-corrected chi connectivity index (χ2v) is 8.31. The number of aryl methyl sites for hydroxylation is 3. The zero-order valence-corrected chi connectivity index (χ0v) is 19.1. The van der Waals surface area contributed by atoms with Gasteiger partial charge in [0.15, 0.2) is 5.11 Å². The number of hydrogen-bond donors (Lipinski definition) is 2. The molecule has 0 bridgehead atoms. The van der Waals surface area contributed by atoms with Gasteiger partial charge in [0.05, 0.1) is 5.69 Å². The van der Waals surface area contributed by atoms with Crippen LogP contribution in [0.1, 0.15) is 28.1 Å². The lowest BCUT2D eigenvalue weighted by Crippen LogP contribution is -2.54. The van der Waals surface area contributed by atoms with Crippen LogP contribution in [-0.2, 0) is 9.59 Å². The molecule has 1 aliphatic rings. The van der Waals surface area contributed by atoms with Crippen LogP contribution in [0.2, 0.25) is 0 Å². The topological polar surface area (TPSA) is 74.6 Å². The third-order valence-electron chi connectivity index (χ3n) is 5.57. The van der Waals surface area contributed by atoms with Crippen LogP contribution in [0.5, 0.6) is 5.75 Å². The van der Waals surface area contributed by atoms with Gasteiger partial charge in [-0.2, -0.15) is 0 Å². The van der Waals surface area contributed by atoms with Crippen LogP contribution in [0.4, 0.5) is 5.69 Å². The Morgan fingerprint density at radius 2 is 1.66 bits per heavy atom. The Hall–Kier alpha value is -3.71. The molecule has 0 radical (unpaired) electrons. The van der Waals surface area contributed by atoms with Gasteiger partial charge in [0.2, 0.25) is 0 Å². The molecule has 7 heteroatoms. The summed E-state index contributed by atoms with van der Waals surface area (Å²) in [5, 5.41) is 12.3. The Kier molecular flexibility index (Phi) is 5.44. The average molecular weight is 446 g/mol. The lowest BCUT2D eigenvalue weighted by atomic mass is 10.0. The molecule has 0 unspecified atom stereocenters.